The van der Waals surface area contributed by atoms with E-state index in [2.05, 4.69) is 60.8 Å². The van der Waals surface area contributed by atoms with Crippen LogP contribution in [0.5, 0.6) is 0 Å². The molecule has 0 aromatic rings. The van der Waals surface area contributed by atoms with Gasteiger partial charge in [0, 0.05) is 8.80 Å². The van der Waals surface area contributed by atoms with Crippen LogP contribution in [0.2, 0.25) is 42.3 Å². The minimum atomic E-state index is -1.08. The molecule has 0 atom stereocenters. The normalized spacial score (nSPS) is 15.0. The molecule has 0 N–H and O–H groups in total. The first kappa shape index (κ1) is 14.4. The third kappa shape index (κ3) is 3.54. The van der Waals surface area contributed by atoms with Crippen molar-refractivity contribution in [1.82, 2.24) is 0 Å². The second kappa shape index (κ2) is 4.13. The lowest BCUT2D eigenvalue weighted by molar-refractivity contribution is 0.662. The van der Waals surface area contributed by atoms with Crippen LogP contribution in [-0.2, 0) is 0 Å². The molecule has 0 aromatic carbocycles. The van der Waals surface area contributed by atoms with Crippen molar-refractivity contribution in [3.8, 4) is 0 Å². The maximum atomic E-state index is 2.56. The maximum absolute atomic E-state index is 2.56. The maximum Gasteiger partial charge on any atom is 0.0530 e. The standard InChI is InChI=1S/C12H29Si2/c1-11(2,3)14(8,9)10-12(4,5)13(6)7/h10H2,1-9H3. The zero-order valence-corrected chi connectivity index (χ0v) is 13.7. The molecular formula is C12H29Si2. The van der Waals surface area contributed by atoms with Crippen LogP contribution in [0, 0.1) is 0 Å². The van der Waals surface area contributed by atoms with Crippen molar-refractivity contribution in [2.24, 2.45) is 0 Å². The second-order valence-corrected chi connectivity index (χ2v) is 16.2. The highest BCUT2D eigenvalue weighted by Gasteiger charge is 2.40. The lowest BCUT2D eigenvalue weighted by Gasteiger charge is -2.43. The molecule has 0 saturated carbocycles. The topological polar surface area (TPSA) is 0 Å². The minimum absolute atomic E-state index is 0.169. The molecule has 0 spiro atoms. The highest BCUT2D eigenvalue weighted by molar-refractivity contribution is 6.81. The predicted octanol–water partition coefficient (Wildman–Crippen LogP) is 5.03. The van der Waals surface area contributed by atoms with Gasteiger partial charge >= 0.3 is 0 Å². The van der Waals surface area contributed by atoms with Gasteiger partial charge in [0.05, 0.1) is 8.07 Å². The van der Waals surface area contributed by atoms with Crippen LogP contribution in [0.15, 0.2) is 0 Å². The fraction of sp³-hybridized carbons (Fsp3) is 1.00. The lowest BCUT2D eigenvalue weighted by Crippen LogP contribution is -2.42. The first-order valence-corrected chi connectivity index (χ1v) is 11.4. The van der Waals surface area contributed by atoms with Crippen LogP contribution in [-0.4, -0.2) is 16.9 Å². The monoisotopic (exact) mass is 229 g/mol. The average Bonchev–Trinajstić information content (AvgIpc) is 1.80. The Labute approximate surface area is 94.1 Å². The molecule has 0 unspecified atom stereocenters. The van der Waals surface area contributed by atoms with E-state index < -0.39 is 8.07 Å². The van der Waals surface area contributed by atoms with E-state index >= 15 is 0 Å². The molecule has 0 heterocycles. The molecule has 0 aliphatic rings. The molecule has 14 heavy (non-hydrogen) atoms. The predicted molar refractivity (Wildman–Crippen MR) is 73.5 cm³/mol. The summed E-state index contributed by atoms with van der Waals surface area (Å²) in [5.74, 6) is 0. The van der Waals surface area contributed by atoms with Gasteiger partial charge in [-0.2, -0.15) is 0 Å². The first-order chi connectivity index (χ1) is 5.90. The number of hydrogen-bond acceptors (Lipinski definition) is 0. The molecule has 0 amide bonds. The molecule has 85 valence electrons. The first-order valence-electron chi connectivity index (χ1n) is 5.71. The summed E-state index contributed by atoms with van der Waals surface area (Å²) < 4.78 is 0. The summed E-state index contributed by atoms with van der Waals surface area (Å²) in [5, 5.41) is 1.15. The highest BCUT2D eigenvalue weighted by atomic mass is 28.3. The van der Waals surface area contributed by atoms with Gasteiger partial charge in [0.25, 0.3) is 0 Å². The van der Waals surface area contributed by atoms with E-state index in [1.807, 2.05) is 0 Å². The van der Waals surface area contributed by atoms with Crippen LogP contribution in [0.4, 0.5) is 0 Å². The average molecular weight is 230 g/mol. The molecule has 0 saturated heterocycles. The smallest absolute Gasteiger partial charge is 0.0530 e. The zero-order chi connectivity index (χ0) is 11.8. The van der Waals surface area contributed by atoms with Gasteiger partial charge in [0.1, 0.15) is 0 Å². The molecule has 0 fully saturated rings. The van der Waals surface area contributed by atoms with Crippen molar-refractivity contribution in [2.75, 3.05) is 0 Å². The largest absolute Gasteiger partial charge is 0.0709 e. The molecule has 0 aliphatic carbocycles. The van der Waals surface area contributed by atoms with E-state index in [0.717, 1.165) is 0 Å². The molecule has 0 aromatic heterocycles. The Morgan fingerprint density at radius 3 is 1.50 bits per heavy atom. The molecule has 1 radical (unpaired) electrons. The van der Waals surface area contributed by atoms with Crippen LogP contribution < -0.4 is 0 Å². The van der Waals surface area contributed by atoms with Crippen molar-refractivity contribution in [1.29, 1.82) is 0 Å². The summed E-state index contributed by atoms with van der Waals surface area (Å²) in [7, 11) is -1.25. The van der Waals surface area contributed by atoms with E-state index in [-0.39, 0.29) is 8.80 Å². The summed E-state index contributed by atoms with van der Waals surface area (Å²) in [6.45, 7) is 22.2. The summed E-state index contributed by atoms with van der Waals surface area (Å²) in [4.78, 5) is 0. The van der Waals surface area contributed by atoms with E-state index in [1.54, 1.807) is 0 Å². The fourth-order valence-electron chi connectivity index (χ4n) is 1.55. The van der Waals surface area contributed by atoms with Crippen LogP contribution >= 0.6 is 0 Å². The van der Waals surface area contributed by atoms with Gasteiger partial charge in [-0.15, -0.1) is 0 Å². The Kier molecular flexibility index (Phi) is 4.25. The quantitative estimate of drug-likeness (QED) is 0.596. The Morgan fingerprint density at radius 2 is 1.29 bits per heavy atom. The van der Waals surface area contributed by atoms with Gasteiger partial charge in [-0.05, 0) is 10.1 Å². The van der Waals surface area contributed by atoms with Gasteiger partial charge in [-0.1, -0.05) is 66.9 Å². The lowest BCUT2D eigenvalue weighted by atomic mass is 10.2. The third-order valence-electron chi connectivity index (χ3n) is 4.27. The van der Waals surface area contributed by atoms with Crippen molar-refractivity contribution >= 4 is 16.9 Å². The Bertz CT molecular complexity index is 185. The summed E-state index contributed by atoms with van der Waals surface area (Å²) in [6.07, 6.45) is 0. The molecule has 2 heteroatoms. The SMILES string of the molecule is C[Si](C)C(C)(C)C[Si](C)(C)C(C)(C)C. The Hall–Kier alpha value is 0.434. The Morgan fingerprint density at radius 1 is 0.929 bits per heavy atom. The fourth-order valence-corrected chi connectivity index (χ4v) is 7.03. The molecule has 0 nitrogen and oxygen atoms in total. The van der Waals surface area contributed by atoms with Crippen molar-refractivity contribution < 1.29 is 0 Å². The highest BCUT2D eigenvalue weighted by Crippen LogP contribution is 2.47. The van der Waals surface area contributed by atoms with Crippen molar-refractivity contribution in [2.45, 2.75) is 76.9 Å². The summed E-state index contributed by atoms with van der Waals surface area (Å²) in [6, 6.07) is 1.48. The van der Waals surface area contributed by atoms with Crippen LogP contribution in [0.3, 0.4) is 0 Å². The van der Waals surface area contributed by atoms with Gasteiger partial charge < -0.3 is 0 Å². The summed E-state index contributed by atoms with van der Waals surface area (Å²) in [5.41, 5.74) is 0. The molecular weight excluding hydrogens is 200 g/mol. The molecule has 0 aliphatic heterocycles. The van der Waals surface area contributed by atoms with E-state index in [0.29, 0.717) is 10.1 Å². The Balaban J connectivity index is 4.67. The third-order valence-corrected chi connectivity index (χ3v) is 13.3. The van der Waals surface area contributed by atoms with Crippen LogP contribution in [0.1, 0.15) is 34.6 Å². The summed E-state index contributed by atoms with van der Waals surface area (Å²) >= 11 is 0. The molecule has 0 bridgehead atoms. The number of hydrogen-bond donors (Lipinski definition) is 0. The van der Waals surface area contributed by atoms with Crippen molar-refractivity contribution in [3.63, 3.8) is 0 Å². The van der Waals surface area contributed by atoms with E-state index in [1.165, 1.54) is 6.04 Å². The zero-order valence-electron chi connectivity index (χ0n) is 11.7. The minimum Gasteiger partial charge on any atom is -0.0709 e. The van der Waals surface area contributed by atoms with Gasteiger partial charge in [-0.25, -0.2) is 0 Å². The van der Waals surface area contributed by atoms with E-state index in [4.69, 9.17) is 0 Å². The number of rotatable bonds is 3. The van der Waals surface area contributed by atoms with Crippen molar-refractivity contribution in [3.05, 3.63) is 0 Å². The van der Waals surface area contributed by atoms with Gasteiger partial charge in [0.2, 0.25) is 0 Å². The molecule has 0 rings (SSSR count). The second-order valence-electron chi connectivity index (χ2n) is 7.19. The van der Waals surface area contributed by atoms with Gasteiger partial charge in [0.15, 0.2) is 0 Å². The van der Waals surface area contributed by atoms with Crippen LogP contribution in [0.25, 0.3) is 0 Å². The van der Waals surface area contributed by atoms with E-state index in [9.17, 15) is 0 Å². The van der Waals surface area contributed by atoms with Gasteiger partial charge in [-0.3, -0.25) is 0 Å².